The number of oxazole rings is 1. The van der Waals surface area contributed by atoms with E-state index in [1.165, 1.54) is 24.3 Å². The summed E-state index contributed by atoms with van der Waals surface area (Å²) in [5, 5.41) is 2.71. The average molecular weight is 453 g/mol. The largest absolute Gasteiger partial charge is 0.419 e. The van der Waals surface area contributed by atoms with Gasteiger partial charge >= 0.3 is 0 Å². The zero-order valence-electron chi connectivity index (χ0n) is 14.7. The van der Waals surface area contributed by atoms with Gasteiger partial charge in [-0.3, -0.25) is 0 Å². The topological polar surface area (TPSA) is 72.2 Å². The molecule has 3 rings (SSSR count). The number of aromatic nitrogens is 1. The molecule has 0 aliphatic rings. The molecule has 0 fully saturated rings. The monoisotopic (exact) mass is 452 g/mol. The van der Waals surface area contributed by atoms with Crippen LogP contribution in [0.15, 0.2) is 67.3 Å². The third-order valence-electron chi connectivity index (χ3n) is 3.75. The maximum Gasteiger partial charge on any atom is 0.233 e. The van der Waals surface area contributed by atoms with Crippen LogP contribution in [-0.2, 0) is 9.84 Å². The molecule has 1 heterocycles. The molecule has 5 nitrogen and oxygen atoms in total. The first-order valence-electron chi connectivity index (χ1n) is 8.29. The third kappa shape index (κ3) is 4.22. The van der Waals surface area contributed by atoms with Crippen molar-refractivity contribution >= 4 is 31.7 Å². The smallest absolute Gasteiger partial charge is 0.233 e. The summed E-state index contributed by atoms with van der Waals surface area (Å²) < 4.78 is 46.6. The molecule has 0 radical (unpaired) electrons. The molecule has 0 amide bonds. The Hall–Kier alpha value is -2.19. The molecule has 27 heavy (non-hydrogen) atoms. The van der Waals surface area contributed by atoms with Gasteiger partial charge in [-0.1, -0.05) is 41.9 Å². The molecular formula is C19H18BrFN2O3S. The maximum atomic E-state index is 14.1. The van der Waals surface area contributed by atoms with Gasteiger partial charge < -0.3 is 9.73 Å². The lowest BCUT2D eigenvalue weighted by molar-refractivity contribution is 0.559. The summed E-state index contributed by atoms with van der Waals surface area (Å²) in [6, 6.07) is 12.1. The molecule has 0 unspecified atom stereocenters. The van der Waals surface area contributed by atoms with E-state index in [-0.39, 0.29) is 33.2 Å². The molecule has 0 bridgehead atoms. The van der Waals surface area contributed by atoms with E-state index in [4.69, 9.17) is 4.42 Å². The molecule has 0 saturated carbocycles. The van der Waals surface area contributed by atoms with Crippen molar-refractivity contribution in [2.45, 2.75) is 23.8 Å². The Morgan fingerprint density at radius 2 is 1.81 bits per heavy atom. The van der Waals surface area contributed by atoms with Crippen molar-refractivity contribution in [2.75, 3.05) is 11.9 Å². The van der Waals surface area contributed by atoms with E-state index in [1.54, 1.807) is 24.3 Å². The number of sulfone groups is 1. The zero-order valence-corrected chi connectivity index (χ0v) is 17.1. The summed E-state index contributed by atoms with van der Waals surface area (Å²) in [4.78, 5) is 4.20. The van der Waals surface area contributed by atoms with Gasteiger partial charge in [0.15, 0.2) is 0 Å². The van der Waals surface area contributed by atoms with Crippen molar-refractivity contribution in [1.29, 1.82) is 0 Å². The van der Waals surface area contributed by atoms with Gasteiger partial charge in [-0.05, 0) is 42.3 Å². The van der Waals surface area contributed by atoms with Crippen LogP contribution < -0.4 is 5.32 Å². The maximum absolute atomic E-state index is 14.1. The van der Waals surface area contributed by atoms with E-state index in [9.17, 15) is 12.8 Å². The summed E-state index contributed by atoms with van der Waals surface area (Å²) in [6.07, 6.45) is 0. The molecule has 2 aromatic carbocycles. The van der Waals surface area contributed by atoms with E-state index in [0.717, 1.165) is 4.47 Å². The van der Waals surface area contributed by atoms with Crippen LogP contribution in [0.1, 0.15) is 13.8 Å². The molecule has 0 aliphatic heterocycles. The van der Waals surface area contributed by atoms with Crippen molar-refractivity contribution in [3.63, 3.8) is 0 Å². The minimum Gasteiger partial charge on any atom is -0.419 e. The molecule has 3 aromatic rings. The van der Waals surface area contributed by atoms with Gasteiger partial charge in [0.1, 0.15) is 5.82 Å². The molecule has 0 spiro atoms. The number of nitrogens with zero attached hydrogens (tertiary/aromatic N) is 1. The Morgan fingerprint density at radius 1 is 1.15 bits per heavy atom. The fraction of sp³-hybridized carbons (Fsp3) is 0.211. The predicted molar refractivity (Wildman–Crippen MR) is 105 cm³/mol. The number of halogens is 2. The number of hydrogen-bond donors (Lipinski definition) is 1. The number of nitrogens with one attached hydrogen (secondary N) is 1. The second-order valence-corrected chi connectivity index (χ2v) is 9.15. The van der Waals surface area contributed by atoms with Crippen LogP contribution in [0.2, 0.25) is 0 Å². The van der Waals surface area contributed by atoms with Gasteiger partial charge in [0, 0.05) is 11.0 Å². The average Bonchev–Trinajstić information content (AvgIpc) is 3.05. The first kappa shape index (κ1) is 19.6. The lowest BCUT2D eigenvalue weighted by Gasteiger charge is -2.08. The molecule has 0 aliphatic carbocycles. The van der Waals surface area contributed by atoms with E-state index in [1.807, 2.05) is 13.8 Å². The highest BCUT2D eigenvalue weighted by molar-refractivity contribution is 9.10. The number of anilines is 1. The van der Waals surface area contributed by atoms with Crippen LogP contribution in [0, 0.1) is 11.7 Å². The third-order valence-corrected chi connectivity index (χ3v) is 5.96. The standard InChI is InChI=1S/C19H18BrFN2O3S/c1-12(2)11-22-18-19(27(24,25)14-9-7-13(20)8-10-14)23-17(26-18)15-5-3-4-6-16(15)21/h3-10,12,22H,11H2,1-2H3. The predicted octanol–water partition coefficient (Wildman–Crippen LogP) is 5.14. The summed E-state index contributed by atoms with van der Waals surface area (Å²) in [5.41, 5.74) is 0.0994. The minimum absolute atomic E-state index is 0.00451. The quantitative estimate of drug-likeness (QED) is 0.560. The highest BCUT2D eigenvalue weighted by Crippen LogP contribution is 2.33. The second kappa shape index (κ2) is 7.82. The summed E-state index contributed by atoms with van der Waals surface area (Å²) >= 11 is 3.28. The highest BCUT2D eigenvalue weighted by atomic mass is 79.9. The van der Waals surface area contributed by atoms with Gasteiger partial charge in [0.05, 0.1) is 10.5 Å². The van der Waals surface area contributed by atoms with Crippen molar-refractivity contribution in [3.8, 4) is 11.5 Å². The molecule has 0 saturated heterocycles. The van der Waals surface area contributed by atoms with E-state index >= 15 is 0 Å². The van der Waals surface area contributed by atoms with E-state index in [2.05, 4.69) is 26.2 Å². The minimum atomic E-state index is -3.94. The van der Waals surface area contributed by atoms with Crippen LogP contribution >= 0.6 is 15.9 Å². The van der Waals surface area contributed by atoms with Gasteiger partial charge in [0.2, 0.25) is 26.6 Å². The van der Waals surface area contributed by atoms with E-state index < -0.39 is 15.7 Å². The Kier molecular flexibility index (Phi) is 5.67. The molecule has 0 atom stereocenters. The summed E-state index contributed by atoms with van der Waals surface area (Å²) in [5.74, 6) is -0.378. The van der Waals surface area contributed by atoms with Crippen LogP contribution in [0.25, 0.3) is 11.5 Å². The number of benzene rings is 2. The second-order valence-electron chi connectivity index (χ2n) is 6.37. The van der Waals surface area contributed by atoms with Crippen molar-refractivity contribution in [3.05, 3.63) is 58.8 Å². The fourth-order valence-corrected chi connectivity index (χ4v) is 3.92. The Labute approximate surface area is 165 Å². The highest BCUT2D eigenvalue weighted by Gasteiger charge is 2.29. The Bertz CT molecular complexity index is 1050. The number of rotatable bonds is 6. The normalized spacial score (nSPS) is 11.7. The molecule has 1 aromatic heterocycles. The Balaban J connectivity index is 2.12. The van der Waals surface area contributed by atoms with Gasteiger partial charge in [-0.25, -0.2) is 12.8 Å². The van der Waals surface area contributed by atoms with Gasteiger partial charge in [-0.2, -0.15) is 4.98 Å². The summed E-state index contributed by atoms with van der Waals surface area (Å²) in [6.45, 7) is 4.43. The lowest BCUT2D eigenvalue weighted by atomic mass is 10.2. The van der Waals surface area contributed by atoms with Crippen molar-refractivity contribution < 1.29 is 17.2 Å². The number of hydrogen-bond acceptors (Lipinski definition) is 5. The SMILES string of the molecule is CC(C)CNc1oc(-c2ccccc2F)nc1S(=O)(=O)c1ccc(Br)cc1. The first-order valence-corrected chi connectivity index (χ1v) is 10.6. The molecule has 1 N–H and O–H groups in total. The van der Waals surface area contributed by atoms with Gasteiger partial charge in [-0.15, -0.1) is 0 Å². The van der Waals surface area contributed by atoms with Crippen molar-refractivity contribution in [1.82, 2.24) is 4.98 Å². The van der Waals surface area contributed by atoms with E-state index in [0.29, 0.717) is 6.54 Å². The van der Waals surface area contributed by atoms with Crippen LogP contribution in [0.5, 0.6) is 0 Å². The van der Waals surface area contributed by atoms with Crippen molar-refractivity contribution in [2.24, 2.45) is 5.92 Å². The molecule has 142 valence electrons. The first-order chi connectivity index (χ1) is 12.8. The lowest BCUT2D eigenvalue weighted by Crippen LogP contribution is -2.11. The summed E-state index contributed by atoms with van der Waals surface area (Å²) in [7, 11) is -3.94. The molecular weight excluding hydrogens is 435 g/mol. The molecule has 8 heteroatoms. The van der Waals surface area contributed by atoms with Crippen LogP contribution in [-0.4, -0.2) is 19.9 Å². The zero-order chi connectivity index (χ0) is 19.6. The van der Waals surface area contributed by atoms with Gasteiger partial charge in [0.25, 0.3) is 0 Å². The Morgan fingerprint density at radius 3 is 2.44 bits per heavy atom. The fourth-order valence-electron chi connectivity index (χ4n) is 2.37. The van der Waals surface area contributed by atoms with Crippen LogP contribution in [0.4, 0.5) is 10.3 Å². The van der Waals surface area contributed by atoms with Crippen LogP contribution in [0.3, 0.4) is 0 Å².